The maximum Gasteiger partial charge on any atom is 0.315 e. The minimum absolute atomic E-state index is 0.957. The number of primary amides is 2. The quantitative estimate of drug-likeness (QED) is 0.280. The minimum Gasteiger partial charge on any atom is -0.356 e. The number of aliphatic hydroxyl groups is 1. The van der Waals surface area contributed by atoms with E-state index in [9.17, 15) is 9.59 Å². The molecule has 0 aliphatic heterocycles. The summed E-state index contributed by atoms with van der Waals surface area (Å²) in [5.74, 6) is 0. The first-order valence-corrected chi connectivity index (χ1v) is 2.32. The van der Waals surface area contributed by atoms with Gasteiger partial charge in [-0.25, -0.2) is 9.59 Å². The lowest BCUT2D eigenvalue weighted by Crippen LogP contribution is -2.51. The number of hydrogen-bond acceptors (Lipinski definition) is 3. The van der Waals surface area contributed by atoms with E-state index in [2.05, 4.69) is 11.5 Å². The van der Waals surface area contributed by atoms with Gasteiger partial charge in [0.2, 0.25) is 6.35 Å². The summed E-state index contributed by atoms with van der Waals surface area (Å²) >= 11 is 0. The van der Waals surface area contributed by atoms with Crippen molar-refractivity contribution in [2.75, 3.05) is 0 Å². The van der Waals surface area contributed by atoms with Crippen molar-refractivity contribution in [2.45, 2.75) is 6.35 Å². The van der Waals surface area contributed by atoms with Gasteiger partial charge in [-0.2, -0.15) is 0 Å². The lowest BCUT2D eigenvalue weighted by Gasteiger charge is -2.09. The summed E-state index contributed by atoms with van der Waals surface area (Å²) in [4.78, 5) is 19.9. The zero-order valence-corrected chi connectivity index (χ0v) is 5.00. The summed E-state index contributed by atoms with van der Waals surface area (Å²) in [6.07, 6.45) is -1.53. The second kappa shape index (κ2) is 3.51. The molecule has 0 unspecified atom stereocenters. The molecular weight excluding hydrogens is 140 g/mol. The molecule has 0 saturated carbocycles. The molecule has 10 heavy (non-hydrogen) atoms. The standard InChI is InChI=1S/C3H8N4O3/c4-1(8)6-3(10)7-2(5)9/h3,10H,(H3,4,6,8)(H3,5,7,9). The Hall–Kier alpha value is -1.50. The molecule has 0 saturated heterocycles. The number of nitrogens with two attached hydrogens (primary N) is 2. The molecule has 0 heterocycles. The first kappa shape index (κ1) is 8.50. The number of amides is 4. The zero-order valence-electron chi connectivity index (χ0n) is 5.00. The van der Waals surface area contributed by atoms with E-state index in [1.54, 1.807) is 10.6 Å². The smallest absolute Gasteiger partial charge is 0.315 e. The van der Waals surface area contributed by atoms with Crippen molar-refractivity contribution in [3.05, 3.63) is 0 Å². The molecule has 0 bridgehead atoms. The third-order valence-electron chi connectivity index (χ3n) is 0.558. The van der Waals surface area contributed by atoms with Crippen molar-refractivity contribution < 1.29 is 14.7 Å². The largest absolute Gasteiger partial charge is 0.356 e. The van der Waals surface area contributed by atoms with E-state index < -0.39 is 18.4 Å². The van der Waals surface area contributed by atoms with E-state index in [1.165, 1.54) is 0 Å². The highest BCUT2D eigenvalue weighted by Crippen LogP contribution is 1.66. The van der Waals surface area contributed by atoms with Crippen LogP contribution < -0.4 is 22.1 Å². The molecule has 0 aromatic heterocycles. The summed E-state index contributed by atoms with van der Waals surface area (Å²) in [5.41, 5.74) is 9.13. The molecule has 7 heteroatoms. The average Bonchev–Trinajstić information content (AvgIpc) is 1.58. The van der Waals surface area contributed by atoms with E-state index in [0.717, 1.165) is 0 Å². The molecule has 0 fully saturated rings. The molecular formula is C3H8N4O3. The van der Waals surface area contributed by atoms with Gasteiger partial charge in [0, 0.05) is 0 Å². The average molecular weight is 148 g/mol. The summed E-state index contributed by atoms with van der Waals surface area (Å²) in [7, 11) is 0. The van der Waals surface area contributed by atoms with Gasteiger partial charge in [-0.15, -0.1) is 0 Å². The van der Waals surface area contributed by atoms with E-state index in [-0.39, 0.29) is 0 Å². The van der Waals surface area contributed by atoms with Crippen LogP contribution in [-0.4, -0.2) is 23.5 Å². The van der Waals surface area contributed by atoms with E-state index in [0.29, 0.717) is 0 Å². The summed E-state index contributed by atoms with van der Waals surface area (Å²) in [6, 6.07) is -1.91. The van der Waals surface area contributed by atoms with Crippen LogP contribution in [0, 0.1) is 0 Å². The molecule has 58 valence electrons. The number of rotatable bonds is 2. The van der Waals surface area contributed by atoms with Gasteiger partial charge in [0.25, 0.3) is 0 Å². The fraction of sp³-hybridized carbons (Fsp3) is 0.333. The molecule has 0 aromatic rings. The van der Waals surface area contributed by atoms with Crippen LogP contribution in [0.25, 0.3) is 0 Å². The predicted octanol–water partition coefficient (Wildman–Crippen LogP) is -2.40. The Bertz CT molecular complexity index is 131. The molecule has 0 radical (unpaired) electrons. The normalized spacial score (nSPS) is 9.00. The lowest BCUT2D eigenvalue weighted by molar-refractivity contribution is 0.119. The third-order valence-corrected chi connectivity index (χ3v) is 0.558. The molecule has 0 atom stereocenters. The Morgan fingerprint density at radius 1 is 1.20 bits per heavy atom. The van der Waals surface area contributed by atoms with Crippen LogP contribution in [0.4, 0.5) is 9.59 Å². The fourth-order valence-electron chi connectivity index (χ4n) is 0.306. The Labute approximate surface area is 56.4 Å². The molecule has 0 rings (SSSR count). The third kappa shape index (κ3) is 4.65. The topological polar surface area (TPSA) is 130 Å². The molecule has 0 aliphatic carbocycles. The molecule has 7 nitrogen and oxygen atoms in total. The van der Waals surface area contributed by atoms with Crippen molar-refractivity contribution in [3.8, 4) is 0 Å². The van der Waals surface area contributed by atoms with Crippen molar-refractivity contribution in [3.63, 3.8) is 0 Å². The van der Waals surface area contributed by atoms with E-state index in [4.69, 9.17) is 5.11 Å². The van der Waals surface area contributed by atoms with Gasteiger partial charge >= 0.3 is 12.1 Å². The summed E-state index contributed by atoms with van der Waals surface area (Å²) in [6.45, 7) is 0. The Balaban J connectivity index is 3.53. The number of aliphatic hydroxyl groups excluding tert-OH is 1. The summed E-state index contributed by atoms with van der Waals surface area (Å²) < 4.78 is 0. The zero-order chi connectivity index (χ0) is 8.15. The van der Waals surface area contributed by atoms with Gasteiger partial charge in [0.1, 0.15) is 0 Å². The van der Waals surface area contributed by atoms with Gasteiger partial charge in [-0.1, -0.05) is 0 Å². The number of nitrogens with one attached hydrogen (secondary N) is 2. The van der Waals surface area contributed by atoms with Crippen molar-refractivity contribution in [1.82, 2.24) is 10.6 Å². The van der Waals surface area contributed by atoms with Crippen molar-refractivity contribution in [2.24, 2.45) is 11.5 Å². The maximum absolute atomic E-state index is 9.95. The van der Waals surface area contributed by atoms with Crippen LogP contribution in [-0.2, 0) is 0 Å². The van der Waals surface area contributed by atoms with Crippen molar-refractivity contribution >= 4 is 12.1 Å². The summed E-state index contributed by atoms with van der Waals surface area (Å²) in [5, 5.41) is 12.1. The highest BCUT2D eigenvalue weighted by Gasteiger charge is 2.04. The highest BCUT2D eigenvalue weighted by molar-refractivity contribution is 5.74. The lowest BCUT2D eigenvalue weighted by atomic mass is 10.8. The number of carbonyl (C=O) groups excluding carboxylic acids is 2. The number of hydrogen-bond donors (Lipinski definition) is 5. The van der Waals surface area contributed by atoms with Crippen molar-refractivity contribution in [1.29, 1.82) is 0 Å². The highest BCUT2D eigenvalue weighted by atomic mass is 16.3. The van der Waals surface area contributed by atoms with Gasteiger partial charge < -0.3 is 16.6 Å². The monoisotopic (exact) mass is 148 g/mol. The van der Waals surface area contributed by atoms with Crippen LogP contribution in [0.3, 0.4) is 0 Å². The fourth-order valence-corrected chi connectivity index (χ4v) is 0.306. The van der Waals surface area contributed by atoms with Gasteiger partial charge in [0.05, 0.1) is 0 Å². The van der Waals surface area contributed by atoms with Gasteiger partial charge in [0.15, 0.2) is 0 Å². The molecule has 0 aromatic carbocycles. The predicted molar refractivity (Wildman–Crippen MR) is 31.4 cm³/mol. The Morgan fingerprint density at radius 2 is 1.50 bits per heavy atom. The van der Waals surface area contributed by atoms with Gasteiger partial charge in [-0.05, 0) is 0 Å². The van der Waals surface area contributed by atoms with Crippen LogP contribution in [0.1, 0.15) is 0 Å². The molecule has 0 aliphatic rings. The first-order valence-electron chi connectivity index (χ1n) is 2.32. The van der Waals surface area contributed by atoms with Crippen LogP contribution in [0.5, 0.6) is 0 Å². The number of urea groups is 2. The Morgan fingerprint density at radius 3 is 1.70 bits per heavy atom. The van der Waals surface area contributed by atoms with Crippen LogP contribution >= 0.6 is 0 Å². The maximum atomic E-state index is 9.95. The van der Waals surface area contributed by atoms with Gasteiger partial charge in [-0.3, -0.25) is 10.6 Å². The first-order chi connectivity index (χ1) is 4.52. The second-order valence-electron chi connectivity index (χ2n) is 1.42. The molecule has 4 amide bonds. The van der Waals surface area contributed by atoms with E-state index in [1.807, 2.05) is 0 Å². The van der Waals surface area contributed by atoms with Crippen LogP contribution in [0.15, 0.2) is 0 Å². The second-order valence-corrected chi connectivity index (χ2v) is 1.42. The van der Waals surface area contributed by atoms with E-state index >= 15 is 0 Å². The Kier molecular flexibility index (Phi) is 2.98. The SMILES string of the molecule is NC(=O)NC(O)NC(N)=O. The molecule has 0 spiro atoms. The number of carbonyl (C=O) groups is 2. The van der Waals surface area contributed by atoms with Crippen LogP contribution in [0.2, 0.25) is 0 Å². The minimum atomic E-state index is -1.53. The molecule has 7 N–H and O–H groups in total.